The van der Waals surface area contributed by atoms with Gasteiger partial charge in [-0.15, -0.1) is 17.9 Å². The normalized spacial score (nSPS) is 14.7. The Morgan fingerprint density at radius 3 is 2.71 bits per heavy atom. The number of furan rings is 1. The smallest absolute Gasteiger partial charge is 0.255 e. The van der Waals surface area contributed by atoms with Crippen LogP contribution in [-0.4, -0.2) is 18.7 Å². The van der Waals surface area contributed by atoms with Gasteiger partial charge in [0.2, 0.25) is 0 Å². The molecule has 4 aromatic rings. The summed E-state index contributed by atoms with van der Waals surface area (Å²) in [7, 11) is 0. The zero-order valence-corrected chi connectivity index (χ0v) is 28.0. The van der Waals surface area contributed by atoms with E-state index in [1.807, 2.05) is 67.7 Å². The summed E-state index contributed by atoms with van der Waals surface area (Å²) in [6, 6.07) is 15.3. The number of aliphatic imine (C=N–C) groups is 1. The molecule has 5 rings (SSSR count). The minimum absolute atomic E-state index is 0.129. The van der Waals surface area contributed by atoms with Crippen LogP contribution in [0, 0.1) is 11.3 Å². The van der Waals surface area contributed by atoms with E-state index in [-0.39, 0.29) is 11.3 Å². The lowest BCUT2D eigenvalue weighted by Gasteiger charge is -2.33. The molecular formula is C37H41ClN2O4S. The first-order valence-corrected chi connectivity index (χ1v) is 16.6. The molecule has 0 saturated heterocycles. The van der Waals surface area contributed by atoms with E-state index in [1.54, 1.807) is 17.6 Å². The Hall–Kier alpha value is -3.81. The van der Waals surface area contributed by atoms with Gasteiger partial charge in [0.15, 0.2) is 11.5 Å². The van der Waals surface area contributed by atoms with E-state index in [0.717, 1.165) is 41.5 Å². The standard InChI is InChI=1S/C37H41ClN2O4S/c1-6-11-25-18-24(19-31(42-7-2)34(25)44-23-26-12-8-9-14-30(26)38)21-40-36-33(35(41)39-22-28-13-10-17-43-28)29-16-15-27(37(3,4)5)20-32(29)45-36/h6,8-10,12-14,17-19,21,27H,1,7,11,15-16,20,22-23H2,2-5H3,(H,39,41)/t27-/m0/s1. The number of fused-ring (bicyclic) bond motifs is 1. The predicted molar refractivity (Wildman–Crippen MR) is 184 cm³/mol. The second-order valence-corrected chi connectivity index (χ2v) is 13.8. The van der Waals surface area contributed by atoms with E-state index in [4.69, 9.17) is 30.5 Å². The van der Waals surface area contributed by atoms with Crippen molar-refractivity contribution in [2.45, 2.75) is 66.5 Å². The van der Waals surface area contributed by atoms with E-state index >= 15 is 0 Å². The molecule has 0 aliphatic heterocycles. The van der Waals surface area contributed by atoms with Crippen LogP contribution in [0.2, 0.25) is 5.02 Å². The molecule has 0 fully saturated rings. The van der Waals surface area contributed by atoms with Crippen LogP contribution in [0.5, 0.6) is 11.5 Å². The van der Waals surface area contributed by atoms with Gasteiger partial charge in [0.25, 0.3) is 5.91 Å². The second kappa shape index (κ2) is 14.5. The third-order valence-electron chi connectivity index (χ3n) is 8.18. The van der Waals surface area contributed by atoms with Gasteiger partial charge < -0.3 is 19.2 Å². The van der Waals surface area contributed by atoms with Crippen LogP contribution in [-0.2, 0) is 32.4 Å². The van der Waals surface area contributed by atoms with Crippen molar-refractivity contribution < 1.29 is 18.7 Å². The summed E-state index contributed by atoms with van der Waals surface area (Å²) in [5, 5.41) is 4.42. The number of hydrogen-bond donors (Lipinski definition) is 1. The maximum Gasteiger partial charge on any atom is 0.255 e. The highest BCUT2D eigenvalue weighted by Crippen LogP contribution is 2.45. The van der Waals surface area contributed by atoms with Crippen molar-refractivity contribution in [2.75, 3.05) is 6.61 Å². The van der Waals surface area contributed by atoms with Crippen molar-refractivity contribution in [1.82, 2.24) is 5.32 Å². The minimum atomic E-state index is -0.129. The SMILES string of the molecule is C=CCc1cc(C=Nc2sc3c(c2C(=O)NCc2ccco2)CC[C@H](C(C)(C)C)C3)cc(OCC)c1OCc1ccccc1Cl. The van der Waals surface area contributed by atoms with Crippen molar-refractivity contribution in [3.63, 3.8) is 0 Å². The number of benzene rings is 2. The summed E-state index contributed by atoms with van der Waals surface area (Å²) in [5.41, 5.74) is 4.65. The number of carbonyl (C=O) groups is 1. The van der Waals surface area contributed by atoms with Crippen molar-refractivity contribution in [2.24, 2.45) is 16.3 Å². The summed E-state index contributed by atoms with van der Waals surface area (Å²) in [6.45, 7) is 13.9. The molecule has 6 nitrogen and oxygen atoms in total. The van der Waals surface area contributed by atoms with E-state index in [9.17, 15) is 4.79 Å². The minimum Gasteiger partial charge on any atom is -0.490 e. The number of halogens is 1. The van der Waals surface area contributed by atoms with Crippen LogP contribution in [0.15, 0.2) is 76.9 Å². The first-order valence-electron chi connectivity index (χ1n) is 15.4. The van der Waals surface area contributed by atoms with Gasteiger partial charge in [0.1, 0.15) is 17.4 Å². The molecule has 1 aliphatic rings. The number of nitrogens with one attached hydrogen (secondary N) is 1. The van der Waals surface area contributed by atoms with E-state index in [0.29, 0.717) is 64.9 Å². The lowest BCUT2D eigenvalue weighted by Crippen LogP contribution is -2.28. The van der Waals surface area contributed by atoms with Gasteiger partial charge in [-0.1, -0.05) is 56.6 Å². The van der Waals surface area contributed by atoms with Gasteiger partial charge in [0.05, 0.1) is 25.0 Å². The third kappa shape index (κ3) is 7.89. The number of ether oxygens (including phenoxy) is 2. The fourth-order valence-corrected chi connectivity index (χ4v) is 7.15. The van der Waals surface area contributed by atoms with Crippen LogP contribution in [0.1, 0.15) is 77.4 Å². The summed E-state index contributed by atoms with van der Waals surface area (Å²) in [5.74, 6) is 2.41. The Balaban J connectivity index is 1.48. The summed E-state index contributed by atoms with van der Waals surface area (Å²) >= 11 is 8.01. The van der Waals surface area contributed by atoms with Gasteiger partial charge >= 0.3 is 0 Å². The first kappa shape index (κ1) is 32.6. The number of rotatable bonds is 12. The molecule has 1 N–H and O–H groups in total. The van der Waals surface area contributed by atoms with E-state index in [1.165, 1.54) is 4.88 Å². The molecule has 2 aromatic carbocycles. The largest absolute Gasteiger partial charge is 0.490 e. The van der Waals surface area contributed by atoms with Crippen molar-refractivity contribution >= 4 is 40.1 Å². The maximum absolute atomic E-state index is 13.6. The Bertz CT molecular complexity index is 1670. The molecular weight excluding hydrogens is 604 g/mol. The molecule has 0 unspecified atom stereocenters. The molecule has 0 radical (unpaired) electrons. The van der Waals surface area contributed by atoms with Crippen LogP contribution in [0.4, 0.5) is 5.00 Å². The van der Waals surface area contributed by atoms with E-state index in [2.05, 4.69) is 32.7 Å². The number of carbonyl (C=O) groups excluding carboxylic acids is 1. The van der Waals surface area contributed by atoms with Crippen molar-refractivity contribution in [3.8, 4) is 11.5 Å². The molecule has 1 atom stereocenters. The Kier molecular flexibility index (Phi) is 10.5. The Morgan fingerprint density at radius 2 is 2.00 bits per heavy atom. The molecule has 1 aliphatic carbocycles. The second-order valence-electron chi connectivity index (χ2n) is 12.3. The lowest BCUT2D eigenvalue weighted by atomic mass is 9.72. The van der Waals surface area contributed by atoms with Crippen molar-refractivity contribution in [3.05, 3.63) is 111 Å². The van der Waals surface area contributed by atoms with Crippen LogP contribution in [0.3, 0.4) is 0 Å². The van der Waals surface area contributed by atoms with E-state index < -0.39 is 0 Å². The fraction of sp³-hybridized carbons (Fsp3) is 0.351. The summed E-state index contributed by atoms with van der Waals surface area (Å²) < 4.78 is 17.8. The van der Waals surface area contributed by atoms with Crippen LogP contribution < -0.4 is 14.8 Å². The van der Waals surface area contributed by atoms with Crippen LogP contribution >= 0.6 is 22.9 Å². The zero-order chi connectivity index (χ0) is 32.0. The molecule has 236 valence electrons. The average molecular weight is 645 g/mol. The molecule has 0 bridgehead atoms. The zero-order valence-electron chi connectivity index (χ0n) is 26.5. The molecule has 2 aromatic heterocycles. The average Bonchev–Trinajstić information content (AvgIpc) is 3.66. The molecule has 1 amide bonds. The Labute approximate surface area is 275 Å². The number of amides is 1. The van der Waals surface area contributed by atoms with Gasteiger partial charge in [-0.05, 0) is 85.4 Å². The summed E-state index contributed by atoms with van der Waals surface area (Å²) in [4.78, 5) is 19.8. The predicted octanol–water partition coefficient (Wildman–Crippen LogP) is 9.53. The summed E-state index contributed by atoms with van der Waals surface area (Å²) in [6.07, 6.45) is 8.72. The highest BCUT2D eigenvalue weighted by Gasteiger charge is 2.33. The van der Waals surface area contributed by atoms with Gasteiger partial charge in [-0.3, -0.25) is 4.79 Å². The molecule has 0 saturated carbocycles. The monoisotopic (exact) mass is 644 g/mol. The molecule has 8 heteroatoms. The maximum atomic E-state index is 13.6. The first-order chi connectivity index (χ1) is 21.7. The third-order valence-corrected chi connectivity index (χ3v) is 9.71. The van der Waals surface area contributed by atoms with Crippen LogP contribution in [0.25, 0.3) is 0 Å². The lowest BCUT2D eigenvalue weighted by molar-refractivity contribution is 0.0947. The van der Waals surface area contributed by atoms with Gasteiger partial charge in [0, 0.05) is 27.2 Å². The topological polar surface area (TPSA) is 73.1 Å². The number of nitrogens with zero attached hydrogens (tertiary/aromatic N) is 1. The molecule has 2 heterocycles. The number of allylic oxidation sites excluding steroid dienone is 1. The number of hydrogen-bond acceptors (Lipinski definition) is 6. The highest BCUT2D eigenvalue weighted by atomic mass is 35.5. The van der Waals surface area contributed by atoms with Crippen molar-refractivity contribution in [1.29, 1.82) is 0 Å². The van der Waals surface area contributed by atoms with Gasteiger partial charge in [-0.2, -0.15) is 0 Å². The molecule has 0 spiro atoms. The quantitative estimate of drug-likeness (QED) is 0.123. The van der Waals surface area contributed by atoms with Gasteiger partial charge in [-0.25, -0.2) is 4.99 Å². The Morgan fingerprint density at radius 1 is 1.18 bits per heavy atom. The highest BCUT2D eigenvalue weighted by molar-refractivity contribution is 7.16. The fourth-order valence-electron chi connectivity index (χ4n) is 5.70. The number of thiophene rings is 1. The molecule has 45 heavy (non-hydrogen) atoms.